The lowest BCUT2D eigenvalue weighted by Gasteiger charge is -2.19. The second-order valence-corrected chi connectivity index (χ2v) is 12.7. The quantitative estimate of drug-likeness (QED) is 0.190. The van der Waals surface area contributed by atoms with Crippen molar-refractivity contribution in [2.24, 2.45) is 0 Å². The van der Waals surface area contributed by atoms with Crippen molar-refractivity contribution in [3.05, 3.63) is 168 Å². The molecule has 0 N–H and O–H groups in total. The molecule has 0 aliphatic rings. The zero-order chi connectivity index (χ0) is 31.6. The first kappa shape index (κ1) is 27.5. The van der Waals surface area contributed by atoms with E-state index in [0.717, 1.165) is 0 Å². The van der Waals surface area contributed by atoms with Crippen LogP contribution >= 0.6 is 0 Å². The minimum absolute atomic E-state index is 1.18. The van der Waals surface area contributed by atoms with Crippen molar-refractivity contribution in [1.29, 1.82) is 0 Å². The molecule has 0 radical (unpaired) electrons. The number of aryl methyl sites for hydroxylation is 2. The van der Waals surface area contributed by atoms with Gasteiger partial charge in [-0.05, 0) is 108 Å². The van der Waals surface area contributed by atoms with Gasteiger partial charge in [-0.25, -0.2) is 0 Å². The van der Waals surface area contributed by atoms with Gasteiger partial charge in [-0.2, -0.15) is 0 Å². The third-order valence-electron chi connectivity index (χ3n) is 9.96. The van der Waals surface area contributed by atoms with Gasteiger partial charge in [-0.15, -0.1) is 0 Å². The lowest BCUT2D eigenvalue weighted by Crippen LogP contribution is -1.98. The fourth-order valence-electron chi connectivity index (χ4n) is 8.03. The van der Waals surface area contributed by atoms with E-state index in [1.165, 1.54) is 93.9 Å². The zero-order valence-electron chi connectivity index (χ0n) is 26.8. The Labute approximate surface area is 274 Å². The first-order chi connectivity index (χ1) is 23.1. The SMILES string of the molecule is Cc1cc(C)c(-c2ccc(-n3c4ccccc4c4ccccc43)cc2)c(C)c1-c1ccc(-n2c3ccccc3c3ccccc32)cc1. The third kappa shape index (κ3) is 4.18. The first-order valence-electron chi connectivity index (χ1n) is 16.4. The molecule has 0 aliphatic heterocycles. The van der Waals surface area contributed by atoms with Crippen molar-refractivity contribution in [2.45, 2.75) is 20.8 Å². The second kappa shape index (κ2) is 10.6. The smallest absolute Gasteiger partial charge is 0.0541 e. The lowest BCUT2D eigenvalue weighted by molar-refractivity contribution is 1.18. The number of nitrogens with zero attached hydrogens (tertiary/aromatic N) is 2. The standard InChI is InChI=1S/C45H34N2/c1-29-28-30(2)45(33-22-26-35(27-23-33)47-42-18-10-6-14-38(42)39-15-7-11-19-43(39)47)31(3)44(29)32-20-24-34(25-21-32)46-40-16-8-4-12-36(40)37-13-5-9-17-41(37)46/h4-28H,1-3H3. The van der Waals surface area contributed by atoms with Crippen LogP contribution in [0.2, 0.25) is 0 Å². The summed E-state index contributed by atoms with van der Waals surface area (Å²) in [4.78, 5) is 0. The minimum Gasteiger partial charge on any atom is -0.309 e. The Morgan fingerprint density at radius 1 is 0.340 bits per heavy atom. The molecule has 9 rings (SSSR count). The molecule has 0 fully saturated rings. The first-order valence-corrected chi connectivity index (χ1v) is 16.4. The highest BCUT2D eigenvalue weighted by Gasteiger charge is 2.17. The molecule has 0 saturated carbocycles. The summed E-state index contributed by atoms with van der Waals surface area (Å²) in [5.41, 5.74) is 16.3. The normalized spacial score (nSPS) is 11.7. The summed E-state index contributed by atoms with van der Waals surface area (Å²) in [6.07, 6.45) is 0. The average Bonchev–Trinajstić information content (AvgIpc) is 3.62. The maximum absolute atomic E-state index is 2.38. The highest BCUT2D eigenvalue weighted by Crippen LogP contribution is 2.39. The summed E-state index contributed by atoms with van der Waals surface area (Å²) >= 11 is 0. The Kier molecular flexibility index (Phi) is 6.20. The molecule has 9 aromatic rings. The van der Waals surface area contributed by atoms with Crippen LogP contribution in [0.1, 0.15) is 16.7 Å². The van der Waals surface area contributed by atoms with E-state index in [9.17, 15) is 0 Å². The molecular weight excluding hydrogens is 569 g/mol. The van der Waals surface area contributed by atoms with Gasteiger partial charge in [-0.3, -0.25) is 0 Å². The molecule has 0 atom stereocenters. The Balaban J connectivity index is 1.13. The largest absolute Gasteiger partial charge is 0.309 e. The Hall–Kier alpha value is -5.86. The monoisotopic (exact) mass is 602 g/mol. The number of benzene rings is 7. The zero-order valence-corrected chi connectivity index (χ0v) is 26.8. The van der Waals surface area contributed by atoms with Gasteiger partial charge in [0.2, 0.25) is 0 Å². The van der Waals surface area contributed by atoms with Gasteiger partial charge in [0, 0.05) is 32.9 Å². The van der Waals surface area contributed by atoms with Gasteiger partial charge >= 0.3 is 0 Å². The highest BCUT2D eigenvalue weighted by molar-refractivity contribution is 6.10. The van der Waals surface area contributed by atoms with Crippen LogP contribution in [0, 0.1) is 20.8 Å². The molecule has 2 heteroatoms. The van der Waals surface area contributed by atoms with Gasteiger partial charge in [0.15, 0.2) is 0 Å². The molecule has 0 amide bonds. The van der Waals surface area contributed by atoms with E-state index in [2.05, 4.69) is 182 Å². The highest BCUT2D eigenvalue weighted by atomic mass is 15.0. The van der Waals surface area contributed by atoms with Crippen molar-refractivity contribution in [3.8, 4) is 33.6 Å². The molecule has 0 bridgehead atoms. The minimum atomic E-state index is 1.18. The van der Waals surface area contributed by atoms with Crippen LogP contribution < -0.4 is 0 Å². The van der Waals surface area contributed by atoms with Crippen LogP contribution in [-0.2, 0) is 0 Å². The number of aromatic nitrogens is 2. The van der Waals surface area contributed by atoms with Crippen LogP contribution in [0.25, 0.3) is 77.2 Å². The Morgan fingerprint density at radius 2 is 0.638 bits per heavy atom. The molecule has 47 heavy (non-hydrogen) atoms. The molecule has 0 spiro atoms. The van der Waals surface area contributed by atoms with Crippen LogP contribution in [-0.4, -0.2) is 9.13 Å². The molecule has 0 unspecified atom stereocenters. The van der Waals surface area contributed by atoms with E-state index in [4.69, 9.17) is 0 Å². The molecule has 0 aliphatic carbocycles. The Bertz CT molecular complexity index is 2340. The molecule has 224 valence electrons. The summed E-state index contributed by atoms with van der Waals surface area (Å²) in [7, 11) is 0. The van der Waals surface area contributed by atoms with E-state index in [0.29, 0.717) is 0 Å². The van der Waals surface area contributed by atoms with E-state index in [-0.39, 0.29) is 0 Å². The third-order valence-corrected chi connectivity index (χ3v) is 9.96. The van der Waals surface area contributed by atoms with Crippen molar-refractivity contribution in [1.82, 2.24) is 9.13 Å². The maximum Gasteiger partial charge on any atom is 0.0541 e. The maximum atomic E-state index is 2.38. The topological polar surface area (TPSA) is 9.86 Å². The number of para-hydroxylation sites is 4. The molecule has 0 saturated heterocycles. The fourth-order valence-corrected chi connectivity index (χ4v) is 8.03. The van der Waals surface area contributed by atoms with Crippen molar-refractivity contribution >= 4 is 43.6 Å². The van der Waals surface area contributed by atoms with Crippen LogP contribution in [0.4, 0.5) is 0 Å². The molecule has 2 nitrogen and oxygen atoms in total. The molecular formula is C45H34N2. The summed E-state index contributed by atoms with van der Waals surface area (Å²) in [5, 5.41) is 5.13. The van der Waals surface area contributed by atoms with Gasteiger partial charge in [0.25, 0.3) is 0 Å². The van der Waals surface area contributed by atoms with E-state index < -0.39 is 0 Å². The van der Waals surface area contributed by atoms with Gasteiger partial charge in [0.05, 0.1) is 22.1 Å². The van der Waals surface area contributed by atoms with Gasteiger partial charge in [0.1, 0.15) is 0 Å². The van der Waals surface area contributed by atoms with Crippen LogP contribution in [0.5, 0.6) is 0 Å². The van der Waals surface area contributed by atoms with E-state index >= 15 is 0 Å². The average molecular weight is 603 g/mol. The van der Waals surface area contributed by atoms with Gasteiger partial charge in [-0.1, -0.05) is 103 Å². The number of rotatable bonds is 4. The van der Waals surface area contributed by atoms with Gasteiger partial charge < -0.3 is 9.13 Å². The van der Waals surface area contributed by atoms with E-state index in [1.807, 2.05) is 0 Å². The molecule has 2 heterocycles. The van der Waals surface area contributed by atoms with Crippen LogP contribution in [0.3, 0.4) is 0 Å². The van der Waals surface area contributed by atoms with E-state index in [1.54, 1.807) is 0 Å². The summed E-state index contributed by atoms with van der Waals surface area (Å²) in [5.74, 6) is 0. The number of hydrogen-bond acceptors (Lipinski definition) is 0. The fraction of sp³-hybridized carbons (Fsp3) is 0.0667. The second-order valence-electron chi connectivity index (χ2n) is 12.7. The van der Waals surface area contributed by atoms with Crippen LogP contribution in [0.15, 0.2) is 152 Å². The number of fused-ring (bicyclic) bond motifs is 6. The predicted octanol–water partition coefficient (Wildman–Crippen LogP) is 12.1. The molecule has 7 aromatic carbocycles. The lowest BCUT2D eigenvalue weighted by atomic mass is 9.86. The number of hydrogen-bond donors (Lipinski definition) is 0. The Morgan fingerprint density at radius 3 is 0.957 bits per heavy atom. The van der Waals surface area contributed by atoms with Crippen molar-refractivity contribution in [2.75, 3.05) is 0 Å². The summed E-state index contributed by atoms with van der Waals surface area (Å²) < 4.78 is 4.76. The summed E-state index contributed by atoms with van der Waals surface area (Å²) in [6, 6.07) is 55.4. The predicted molar refractivity (Wildman–Crippen MR) is 200 cm³/mol. The van der Waals surface area contributed by atoms with Crippen molar-refractivity contribution < 1.29 is 0 Å². The molecule has 2 aromatic heterocycles. The summed E-state index contributed by atoms with van der Waals surface area (Å²) in [6.45, 7) is 6.77. The van der Waals surface area contributed by atoms with Crippen molar-refractivity contribution in [3.63, 3.8) is 0 Å².